The Kier molecular flexibility index (Phi) is 3.88. The van der Waals surface area contributed by atoms with E-state index in [2.05, 4.69) is 9.97 Å². The molecule has 0 bridgehead atoms. The molecule has 2 aromatic rings. The molecule has 1 N–H and O–H groups in total. The summed E-state index contributed by atoms with van der Waals surface area (Å²) in [5.41, 5.74) is 0.0367. The van der Waals surface area contributed by atoms with Crippen LogP contribution in [0.5, 0.6) is 0 Å². The maximum atomic E-state index is 13.3. The molecule has 0 saturated heterocycles. The smallest absolute Gasteiger partial charge is 0.338 e. The number of carboxylic acid groups (broad SMARTS) is 1. The van der Waals surface area contributed by atoms with Crippen molar-refractivity contribution in [2.24, 2.45) is 0 Å². The highest BCUT2D eigenvalue weighted by Crippen LogP contribution is 2.23. The van der Waals surface area contributed by atoms with E-state index in [1.807, 2.05) is 0 Å². The van der Waals surface area contributed by atoms with Gasteiger partial charge in [0.25, 0.3) is 0 Å². The number of thioether (sulfide) groups is 1. The zero-order chi connectivity index (χ0) is 13.0. The summed E-state index contributed by atoms with van der Waals surface area (Å²) in [6.45, 7) is 0. The van der Waals surface area contributed by atoms with Crippen molar-refractivity contribution in [3.05, 3.63) is 53.9 Å². The lowest BCUT2D eigenvalue weighted by Crippen LogP contribution is -2.00. The van der Waals surface area contributed by atoms with Gasteiger partial charge in [-0.3, -0.25) is 0 Å². The summed E-state index contributed by atoms with van der Waals surface area (Å²) in [5.74, 6) is -0.498. The first-order valence-corrected chi connectivity index (χ1v) is 6.07. The minimum absolute atomic E-state index is 0.0367. The van der Waals surface area contributed by atoms with Gasteiger partial charge in [-0.2, -0.15) is 0 Å². The van der Waals surface area contributed by atoms with E-state index in [0.29, 0.717) is 16.5 Å². The molecule has 1 aromatic heterocycles. The average Bonchev–Trinajstić information content (AvgIpc) is 2.38. The molecule has 0 aliphatic heterocycles. The van der Waals surface area contributed by atoms with Crippen LogP contribution in [0, 0.1) is 5.82 Å². The highest BCUT2D eigenvalue weighted by Gasteiger charge is 2.06. The molecule has 0 aliphatic rings. The van der Waals surface area contributed by atoms with E-state index < -0.39 is 5.97 Å². The molecular formula is C12H9FN2O2S. The highest BCUT2D eigenvalue weighted by atomic mass is 32.2. The van der Waals surface area contributed by atoms with Gasteiger partial charge in [-0.25, -0.2) is 19.2 Å². The van der Waals surface area contributed by atoms with Crippen LogP contribution >= 0.6 is 11.8 Å². The first-order chi connectivity index (χ1) is 8.66. The number of benzene rings is 1. The molecule has 0 fully saturated rings. The summed E-state index contributed by atoms with van der Waals surface area (Å²) >= 11 is 1.27. The normalized spacial score (nSPS) is 10.3. The molecule has 0 radical (unpaired) electrons. The molecule has 1 aromatic carbocycles. The molecule has 1 heterocycles. The Labute approximate surface area is 107 Å². The number of rotatable bonds is 4. The van der Waals surface area contributed by atoms with Crippen molar-refractivity contribution in [3.8, 4) is 0 Å². The largest absolute Gasteiger partial charge is 0.478 e. The Hall–Kier alpha value is -1.95. The lowest BCUT2D eigenvalue weighted by molar-refractivity contribution is 0.0696. The molecule has 0 atom stereocenters. The summed E-state index contributed by atoms with van der Waals surface area (Å²) in [7, 11) is 0. The van der Waals surface area contributed by atoms with Crippen molar-refractivity contribution in [1.29, 1.82) is 0 Å². The van der Waals surface area contributed by atoms with Crippen LogP contribution in [0.25, 0.3) is 0 Å². The van der Waals surface area contributed by atoms with Gasteiger partial charge in [0, 0.05) is 17.3 Å². The number of nitrogens with zero attached hydrogens (tertiary/aromatic N) is 2. The van der Waals surface area contributed by atoms with Gasteiger partial charge >= 0.3 is 5.97 Å². The van der Waals surface area contributed by atoms with Gasteiger partial charge in [-0.05, 0) is 12.1 Å². The Balaban J connectivity index is 2.02. The van der Waals surface area contributed by atoms with Crippen LogP contribution in [0.15, 0.2) is 41.6 Å². The van der Waals surface area contributed by atoms with Crippen LogP contribution in [0.3, 0.4) is 0 Å². The second-order valence-corrected chi connectivity index (χ2v) is 4.43. The third-order valence-electron chi connectivity index (χ3n) is 2.15. The Morgan fingerprint density at radius 2 is 1.94 bits per heavy atom. The quantitative estimate of drug-likeness (QED) is 0.860. The molecule has 0 saturated carbocycles. The van der Waals surface area contributed by atoms with Crippen molar-refractivity contribution < 1.29 is 14.3 Å². The SMILES string of the molecule is O=C(O)c1cnc(CSc2ccccc2F)nc1. The fourth-order valence-electron chi connectivity index (χ4n) is 1.24. The lowest BCUT2D eigenvalue weighted by Gasteiger charge is -2.02. The maximum Gasteiger partial charge on any atom is 0.338 e. The van der Waals surface area contributed by atoms with Crippen LogP contribution in [-0.2, 0) is 5.75 Å². The topological polar surface area (TPSA) is 63.1 Å². The predicted molar refractivity (Wildman–Crippen MR) is 65.0 cm³/mol. The van der Waals surface area contributed by atoms with Crippen molar-refractivity contribution in [3.63, 3.8) is 0 Å². The fourth-order valence-corrected chi connectivity index (χ4v) is 2.06. The van der Waals surface area contributed by atoms with Gasteiger partial charge < -0.3 is 5.11 Å². The second kappa shape index (κ2) is 5.59. The Morgan fingerprint density at radius 3 is 2.56 bits per heavy atom. The van der Waals surface area contributed by atoms with Gasteiger partial charge in [0.2, 0.25) is 0 Å². The van der Waals surface area contributed by atoms with Crippen molar-refractivity contribution in [2.45, 2.75) is 10.6 Å². The highest BCUT2D eigenvalue weighted by molar-refractivity contribution is 7.98. The van der Waals surface area contributed by atoms with Crippen LogP contribution in [0.2, 0.25) is 0 Å². The Bertz CT molecular complexity index is 560. The molecule has 92 valence electrons. The van der Waals surface area contributed by atoms with Crippen LogP contribution < -0.4 is 0 Å². The third kappa shape index (κ3) is 3.04. The summed E-state index contributed by atoms with van der Waals surface area (Å²) in [6, 6.07) is 6.43. The van der Waals surface area contributed by atoms with Crippen LogP contribution in [0.1, 0.15) is 16.2 Å². The zero-order valence-electron chi connectivity index (χ0n) is 9.21. The van der Waals surface area contributed by atoms with E-state index in [4.69, 9.17) is 5.11 Å². The number of aromatic nitrogens is 2. The van der Waals surface area contributed by atoms with Crippen LogP contribution in [0.4, 0.5) is 4.39 Å². The molecule has 0 amide bonds. The van der Waals surface area contributed by atoms with E-state index in [1.54, 1.807) is 18.2 Å². The summed E-state index contributed by atoms with van der Waals surface area (Å²) in [5, 5.41) is 8.69. The van der Waals surface area contributed by atoms with Crippen LogP contribution in [-0.4, -0.2) is 21.0 Å². The summed E-state index contributed by atoms with van der Waals surface area (Å²) in [4.78, 5) is 18.9. The summed E-state index contributed by atoms with van der Waals surface area (Å²) in [6.07, 6.45) is 2.49. The lowest BCUT2D eigenvalue weighted by atomic mass is 10.3. The monoisotopic (exact) mass is 264 g/mol. The standard InChI is InChI=1S/C12H9FN2O2S/c13-9-3-1-2-4-10(9)18-7-11-14-5-8(6-15-11)12(16)17/h1-6H,7H2,(H,16,17). The molecule has 0 spiro atoms. The second-order valence-electron chi connectivity index (χ2n) is 3.41. The Morgan fingerprint density at radius 1 is 1.28 bits per heavy atom. The predicted octanol–water partition coefficient (Wildman–Crippen LogP) is 2.61. The first kappa shape index (κ1) is 12.5. The minimum atomic E-state index is -1.07. The van der Waals surface area contributed by atoms with E-state index in [0.717, 1.165) is 0 Å². The first-order valence-electron chi connectivity index (χ1n) is 5.08. The maximum absolute atomic E-state index is 13.3. The number of carboxylic acids is 1. The average molecular weight is 264 g/mol. The van der Waals surface area contributed by atoms with Crippen molar-refractivity contribution >= 4 is 17.7 Å². The van der Waals surface area contributed by atoms with E-state index in [9.17, 15) is 9.18 Å². The molecule has 0 aliphatic carbocycles. The van der Waals surface area contributed by atoms with E-state index in [-0.39, 0.29) is 11.4 Å². The number of hydrogen-bond acceptors (Lipinski definition) is 4. The fraction of sp³-hybridized carbons (Fsp3) is 0.0833. The molecular weight excluding hydrogens is 255 g/mol. The van der Waals surface area contributed by atoms with E-state index in [1.165, 1.54) is 30.2 Å². The minimum Gasteiger partial charge on any atom is -0.478 e. The van der Waals surface area contributed by atoms with E-state index >= 15 is 0 Å². The molecule has 6 heteroatoms. The third-order valence-corrected chi connectivity index (χ3v) is 3.19. The summed E-state index contributed by atoms with van der Waals surface area (Å²) < 4.78 is 13.3. The van der Waals surface area contributed by atoms with Crippen molar-refractivity contribution in [2.75, 3.05) is 0 Å². The molecule has 18 heavy (non-hydrogen) atoms. The molecule has 0 unspecified atom stereocenters. The van der Waals surface area contributed by atoms with Gasteiger partial charge in [0.05, 0.1) is 11.3 Å². The number of aromatic carboxylic acids is 1. The van der Waals surface area contributed by atoms with Gasteiger partial charge in [-0.15, -0.1) is 11.8 Å². The van der Waals surface area contributed by atoms with Gasteiger partial charge in [0.1, 0.15) is 11.6 Å². The number of halogens is 1. The zero-order valence-corrected chi connectivity index (χ0v) is 10.0. The number of hydrogen-bond donors (Lipinski definition) is 1. The molecule has 2 rings (SSSR count). The van der Waals surface area contributed by atoms with Crippen molar-refractivity contribution in [1.82, 2.24) is 9.97 Å². The van der Waals surface area contributed by atoms with Gasteiger partial charge in [-0.1, -0.05) is 12.1 Å². The molecule has 4 nitrogen and oxygen atoms in total. The number of carbonyl (C=O) groups is 1. The van der Waals surface area contributed by atoms with Gasteiger partial charge in [0.15, 0.2) is 0 Å².